The molecule has 1 N–H and O–H groups in total. The van der Waals surface area contributed by atoms with Gasteiger partial charge in [-0.1, -0.05) is 24.3 Å². The number of hydrogen-bond donors (Lipinski definition) is 1. The van der Waals surface area contributed by atoms with Crippen molar-refractivity contribution in [2.45, 2.75) is 32.8 Å². The van der Waals surface area contributed by atoms with Crippen molar-refractivity contribution in [3.63, 3.8) is 0 Å². The van der Waals surface area contributed by atoms with E-state index in [1.54, 1.807) is 12.4 Å². The van der Waals surface area contributed by atoms with E-state index >= 15 is 0 Å². The van der Waals surface area contributed by atoms with E-state index in [0.29, 0.717) is 18.2 Å². The minimum atomic E-state index is -0.260. The first-order valence-corrected chi connectivity index (χ1v) is 6.91. The molecular weight excluding hydrogens is 252 g/mol. The van der Waals surface area contributed by atoms with Gasteiger partial charge >= 0.3 is 0 Å². The molecule has 1 aromatic carbocycles. The molecule has 0 aliphatic carbocycles. The van der Waals surface area contributed by atoms with Crippen LogP contribution in [0.2, 0.25) is 0 Å². The topological polar surface area (TPSA) is 55.2 Å². The van der Waals surface area contributed by atoms with Gasteiger partial charge in [0.15, 0.2) is 11.6 Å². The van der Waals surface area contributed by atoms with Gasteiger partial charge < -0.3 is 9.84 Å². The van der Waals surface area contributed by atoms with Crippen LogP contribution in [0.1, 0.15) is 25.8 Å². The summed E-state index contributed by atoms with van der Waals surface area (Å²) < 4.78 is 5.32. The Bertz CT molecular complexity index is 521. The number of hydrogen-bond acceptors (Lipinski definition) is 4. The van der Waals surface area contributed by atoms with E-state index in [9.17, 15) is 5.11 Å². The van der Waals surface area contributed by atoms with Gasteiger partial charge in [-0.05, 0) is 32.3 Å². The lowest BCUT2D eigenvalue weighted by Crippen LogP contribution is -2.01. The molecule has 4 nitrogen and oxygen atoms in total. The highest BCUT2D eigenvalue weighted by Crippen LogP contribution is 2.18. The zero-order valence-corrected chi connectivity index (χ0v) is 11.9. The smallest absolute Gasteiger partial charge is 0.159 e. The predicted octanol–water partition coefficient (Wildman–Crippen LogP) is 2.86. The standard InChI is InChI=1S/C16H20N2O2/c1-3-20-15-10-17-16(18-11-15)14-8-6-13(7-9-14)5-4-12(2)19/h6-12,19H,3-5H2,1-2H3. The van der Waals surface area contributed by atoms with Gasteiger partial charge in [0.05, 0.1) is 25.1 Å². The second kappa shape index (κ2) is 7.01. The Morgan fingerprint density at radius 3 is 2.35 bits per heavy atom. The summed E-state index contributed by atoms with van der Waals surface area (Å²) >= 11 is 0. The van der Waals surface area contributed by atoms with Crippen molar-refractivity contribution >= 4 is 0 Å². The molecule has 0 bridgehead atoms. The molecule has 0 saturated carbocycles. The molecule has 1 aromatic heterocycles. The number of aliphatic hydroxyl groups is 1. The second-order valence-corrected chi connectivity index (χ2v) is 4.76. The Morgan fingerprint density at radius 1 is 1.15 bits per heavy atom. The molecule has 0 amide bonds. The van der Waals surface area contributed by atoms with Crippen LogP contribution in [0, 0.1) is 0 Å². The quantitative estimate of drug-likeness (QED) is 0.878. The maximum absolute atomic E-state index is 9.28. The molecule has 2 aromatic rings. The number of nitrogens with zero attached hydrogens (tertiary/aromatic N) is 2. The summed E-state index contributed by atoms with van der Waals surface area (Å²) in [6.07, 6.45) is 4.77. The van der Waals surface area contributed by atoms with E-state index in [1.165, 1.54) is 5.56 Å². The predicted molar refractivity (Wildman–Crippen MR) is 78.6 cm³/mol. The molecule has 1 unspecified atom stereocenters. The number of aryl methyl sites for hydroxylation is 1. The summed E-state index contributed by atoms with van der Waals surface area (Å²) in [5.41, 5.74) is 2.19. The zero-order valence-electron chi connectivity index (χ0n) is 11.9. The molecule has 2 rings (SSSR count). The van der Waals surface area contributed by atoms with Gasteiger partial charge in [0.25, 0.3) is 0 Å². The molecule has 0 radical (unpaired) electrons. The van der Waals surface area contributed by atoms with Crippen LogP contribution in [-0.2, 0) is 6.42 Å². The van der Waals surface area contributed by atoms with Crippen LogP contribution < -0.4 is 4.74 Å². The van der Waals surface area contributed by atoms with Crippen LogP contribution >= 0.6 is 0 Å². The van der Waals surface area contributed by atoms with Crippen LogP contribution in [-0.4, -0.2) is 27.8 Å². The van der Waals surface area contributed by atoms with Crippen LogP contribution in [0.3, 0.4) is 0 Å². The third kappa shape index (κ3) is 4.03. The van der Waals surface area contributed by atoms with Crippen molar-refractivity contribution in [2.75, 3.05) is 6.61 Å². The molecular formula is C16H20N2O2. The molecule has 0 spiro atoms. The van der Waals surface area contributed by atoms with E-state index in [1.807, 2.05) is 26.0 Å². The second-order valence-electron chi connectivity index (χ2n) is 4.76. The normalized spacial score (nSPS) is 12.2. The van der Waals surface area contributed by atoms with Crippen LogP contribution in [0.15, 0.2) is 36.7 Å². The van der Waals surface area contributed by atoms with E-state index < -0.39 is 0 Å². The fourth-order valence-electron chi connectivity index (χ4n) is 1.90. The van der Waals surface area contributed by atoms with Crippen LogP contribution in [0.25, 0.3) is 11.4 Å². The third-order valence-electron chi connectivity index (χ3n) is 3.00. The molecule has 0 aliphatic heterocycles. The van der Waals surface area contributed by atoms with E-state index in [0.717, 1.165) is 18.4 Å². The summed E-state index contributed by atoms with van der Waals surface area (Å²) in [5, 5.41) is 9.28. The minimum Gasteiger partial charge on any atom is -0.491 e. The molecule has 1 atom stereocenters. The van der Waals surface area contributed by atoms with Crippen molar-refractivity contribution in [2.24, 2.45) is 0 Å². The molecule has 20 heavy (non-hydrogen) atoms. The molecule has 0 aliphatic rings. The summed E-state index contributed by atoms with van der Waals surface area (Å²) in [5.74, 6) is 1.38. The fraction of sp³-hybridized carbons (Fsp3) is 0.375. The molecule has 0 saturated heterocycles. The summed E-state index contributed by atoms with van der Waals surface area (Å²) in [6, 6.07) is 8.12. The summed E-state index contributed by atoms with van der Waals surface area (Å²) in [4.78, 5) is 8.59. The highest BCUT2D eigenvalue weighted by Gasteiger charge is 2.03. The lowest BCUT2D eigenvalue weighted by molar-refractivity contribution is 0.185. The Kier molecular flexibility index (Phi) is 5.07. The molecule has 106 valence electrons. The van der Waals surface area contributed by atoms with Crippen LogP contribution in [0.4, 0.5) is 0 Å². The maximum Gasteiger partial charge on any atom is 0.159 e. The first-order valence-electron chi connectivity index (χ1n) is 6.91. The van der Waals surface area contributed by atoms with Gasteiger partial charge in [-0.3, -0.25) is 0 Å². The van der Waals surface area contributed by atoms with Crippen LogP contribution in [0.5, 0.6) is 5.75 Å². The molecule has 4 heteroatoms. The first kappa shape index (κ1) is 14.5. The van der Waals surface area contributed by atoms with Gasteiger partial charge in [0, 0.05) is 5.56 Å². The van der Waals surface area contributed by atoms with Crippen molar-refractivity contribution in [1.82, 2.24) is 9.97 Å². The highest BCUT2D eigenvalue weighted by atomic mass is 16.5. The maximum atomic E-state index is 9.28. The van der Waals surface area contributed by atoms with E-state index in [2.05, 4.69) is 22.1 Å². The number of benzene rings is 1. The SMILES string of the molecule is CCOc1cnc(-c2ccc(CCC(C)O)cc2)nc1. The Labute approximate surface area is 119 Å². The molecule has 0 fully saturated rings. The van der Waals surface area contributed by atoms with Gasteiger partial charge in [-0.15, -0.1) is 0 Å². The van der Waals surface area contributed by atoms with Crippen molar-refractivity contribution < 1.29 is 9.84 Å². The Morgan fingerprint density at radius 2 is 1.80 bits per heavy atom. The Balaban J connectivity index is 2.05. The monoisotopic (exact) mass is 272 g/mol. The number of aliphatic hydroxyl groups excluding tert-OH is 1. The van der Waals surface area contributed by atoms with Gasteiger partial charge in [0.1, 0.15) is 0 Å². The third-order valence-corrected chi connectivity index (χ3v) is 3.00. The van der Waals surface area contributed by atoms with E-state index in [-0.39, 0.29) is 6.10 Å². The van der Waals surface area contributed by atoms with Gasteiger partial charge in [-0.2, -0.15) is 0 Å². The lowest BCUT2D eigenvalue weighted by atomic mass is 10.1. The summed E-state index contributed by atoms with van der Waals surface area (Å²) in [6.45, 7) is 4.35. The average molecular weight is 272 g/mol. The lowest BCUT2D eigenvalue weighted by Gasteiger charge is -2.06. The number of rotatable bonds is 6. The Hall–Kier alpha value is -1.94. The first-order chi connectivity index (χ1) is 9.69. The highest BCUT2D eigenvalue weighted by molar-refractivity contribution is 5.55. The van der Waals surface area contributed by atoms with Gasteiger partial charge in [-0.25, -0.2) is 9.97 Å². The average Bonchev–Trinajstić information content (AvgIpc) is 2.47. The minimum absolute atomic E-state index is 0.260. The van der Waals surface area contributed by atoms with E-state index in [4.69, 9.17) is 4.74 Å². The summed E-state index contributed by atoms with van der Waals surface area (Å²) in [7, 11) is 0. The largest absolute Gasteiger partial charge is 0.491 e. The molecule has 1 heterocycles. The van der Waals surface area contributed by atoms with Gasteiger partial charge in [0.2, 0.25) is 0 Å². The fourth-order valence-corrected chi connectivity index (χ4v) is 1.90. The number of ether oxygens (including phenoxy) is 1. The zero-order chi connectivity index (χ0) is 14.4. The van der Waals surface area contributed by atoms with Crippen molar-refractivity contribution in [1.29, 1.82) is 0 Å². The number of aromatic nitrogens is 2. The van der Waals surface area contributed by atoms with Crippen molar-refractivity contribution in [3.8, 4) is 17.1 Å². The van der Waals surface area contributed by atoms with Crippen molar-refractivity contribution in [3.05, 3.63) is 42.2 Å².